The SMILES string of the molecule is CCC1CCC(C)N1C(=O)NCCC(O)C(=O)O. The van der Waals surface area contributed by atoms with Crippen molar-refractivity contribution in [2.24, 2.45) is 0 Å². The molecule has 1 saturated heterocycles. The fraction of sp³-hybridized carbons (Fsp3) is 0.833. The van der Waals surface area contributed by atoms with E-state index in [9.17, 15) is 9.59 Å². The Hall–Kier alpha value is -1.30. The lowest BCUT2D eigenvalue weighted by molar-refractivity contribution is -0.146. The molecule has 1 rings (SSSR count). The summed E-state index contributed by atoms with van der Waals surface area (Å²) in [6.45, 7) is 4.24. The average molecular weight is 258 g/mol. The van der Waals surface area contributed by atoms with E-state index in [2.05, 4.69) is 12.2 Å². The summed E-state index contributed by atoms with van der Waals surface area (Å²) in [5, 5.41) is 20.3. The van der Waals surface area contributed by atoms with Crippen LogP contribution in [0.25, 0.3) is 0 Å². The highest BCUT2D eigenvalue weighted by atomic mass is 16.4. The van der Waals surface area contributed by atoms with Crippen LogP contribution >= 0.6 is 0 Å². The molecular formula is C12H22N2O4. The zero-order chi connectivity index (χ0) is 13.7. The van der Waals surface area contributed by atoms with Crippen molar-refractivity contribution in [3.05, 3.63) is 0 Å². The molecule has 1 aliphatic rings. The summed E-state index contributed by atoms with van der Waals surface area (Å²) in [5.74, 6) is -1.26. The molecule has 0 aromatic carbocycles. The third-order valence-corrected chi connectivity index (χ3v) is 3.47. The molecule has 1 fully saturated rings. The Morgan fingerprint density at radius 2 is 2.11 bits per heavy atom. The van der Waals surface area contributed by atoms with E-state index < -0.39 is 12.1 Å². The van der Waals surface area contributed by atoms with Crippen LogP contribution in [0.1, 0.15) is 39.5 Å². The maximum absolute atomic E-state index is 12.0. The third kappa shape index (κ3) is 3.60. The zero-order valence-corrected chi connectivity index (χ0v) is 10.9. The predicted molar refractivity (Wildman–Crippen MR) is 66.3 cm³/mol. The van der Waals surface area contributed by atoms with Gasteiger partial charge in [-0.1, -0.05) is 6.92 Å². The van der Waals surface area contributed by atoms with Crippen LogP contribution in [0.4, 0.5) is 4.79 Å². The van der Waals surface area contributed by atoms with E-state index >= 15 is 0 Å². The van der Waals surface area contributed by atoms with Crippen LogP contribution in [0, 0.1) is 0 Å². The number of carboxylic acids is 1. The lowest BCUT2D eigenvalue weighted by atomic mass is 10.2. The molecule has 2 amide bonds. The predicted octanol–water partition coefficient (Wildman–Crippen LogP) is 0.794. The lowest BCUT2D eigenvalue weighted by Crippen LogP contribution is -2.46. The summed E-state index contributed by atoms with van der Waals surface area (Å²) in [4.78, 5) is 24.2. The highest BCUT2D eigenvalue weighted by Crippen LogP contribution is 2.25. The summed E-state index contributed by atoms with van der Waals surface area (Å²) in [7, 11) is 0. The summed E-state index contributed by atoms with van der Waals surface area (Å²) < 4.78 is 0. The standard InChI is InChI=1S/C12H22N2O4/c1-3-9-5-4-8(2)14(9)12(18)13-7-6-10(15)11(16)17/h8-10,15H,3-7H2,1-2H3,(H,13,18)(H,16,17). The Bertz CT molecular complexity index is 308. The molecule has 1 heterocycles. The van der Waals surface area contributed by atoms with Crippen molar-refractivity contribution >= 4 is 12.0 Å². The van der Waals surface area contributed by atoms with Crippen molar-refractivity contribution in [2.45, 2.75) is 57.7 Å². The number of carbonyl (C=O) groups is 2. The highest BCUT2D eigenvalue weighted by Gasteiger charge is 2.32. The van der Waals surface area contributed by atoms with Crippen molar-refractivity contribution in [3.63, 3.8) is 0 Å². The molecule has 0 aliphatic carbocycles. The molecule has 0 bridgehead atoms. The van der Waals surface area contributed by atoms with Crippen LogP contribution < -0.4 is 5.32 Å². The largest absolute Gasteiger partial charge is 0.479 e. The Morgan fingerprint density at radius 1 is 1.44 bits per heavy atom. The Labute approximate surface area is 107 Å². The topological polar surface area (TPSA) is 89.9 Å². The molecule has 1 aliphatic heterocycles. The van der Waals surface area contributed by atoms with Gasteiger partial charge in [0.2, 0.25) is 0 Å². The molecule has 3 unspecified atom stereocenters. The maximum atomic E-state index is 12.0. The molecule has 0 aromatic rings. The molecule has 0 aromatic heterocycles. The molecule has 0 saturated carbocycles. The fourth-order valence-electron chi connectivity index (χ4n) is 2.37. The van der Waals surface area contributed by atoms with E-state index in [4.69, 9.17) is 10.2 Å². The van der Waals surface area contributed by atoms with Gasteiger partial charge in [-0.15, -0.1) is 0 Å². The van der Waals surface area contributed by atoms with Crippen molar-refractivity contribution in [3.8, 4) is 0 Å². The van der Waals surface area contributed by atoms with Gasteiger partial charge in [0.05, 0.1) is 0 Å². The number of aliphatic hydroxyl groups is 1. The minimum absolute atomic E-state index is 0.0279. The van der Waals surface area contributed by atoms with E-state index in [0.717, 1.165) is 19.3 Å². The van der Waals surface area contributed by atoms with E-state index in [0.29, 0.717) is 0 Å². The Kier molecular flexibility index (Phi) is 5.40. The van der Waals surface area contributed by atoms with Crippen LogP contribution in [-0.2, 0) is 4.79 Å². The van der Waals surface area contributed by atoms with Crippen LogP contribution in [0.15, 0.2) is 0 Å². The van der Waals surface area contributed by atoms with Gasteiger partial charge in [0, 0.05) is 25.0 Å². The highest BCUT2D eigenvalue weighted by molar-refractivity contribution is 5.75. The summed E-state index contributed by atoms with van der Waals surface area (Å²) in [5.41, 5.74) is 0. The first kappa shape index (κ1) is 14.8. The van der Waals surface area contributed by atoms with Crippen LogP contribution in [0.5, 0.6) is 0 Å². The number of carbonyl (C=O) groups excluding carboxylic acids is 1. The van der Waals surface area contributed by atoms with Crippen molar-refractivity contribution in [1.29, 1.82) is 0 Å². The number of aliphatic carboxylic acids is 1. The van der Waals surface area contributed by atoms with Crippen LogP contribution in [0.3, 0.4) is 0 Å². The zero-order valence-electron chi connectivity index (χ0n) is 10.9. The second kappa shape index (κ2) is 6.58. The van der Waals surface area contributed by atoms with Gasteiger partial charge >= 0.3 is 12.0 Å². The Balaban J connectivity index is 2.38. The van der Waals surface area contributed by atoms with Gasteiger partial charge in [0.1, 0.15) is 0 Å². The van der Waals surface area contributed by atoms with Crippen LogP contribution in [0.2, 0.25) is 0 Å². The van der Waals surface area contributed by atoms with Gasteiger partial charge in [0.25, 0.3) is 0 Å². The number of likely N-dealkylation sites (tertiary alicyclic amines) is 1. The number of carboxylic acid groups (broad SMARTS) is 1. The van der Waals surface area contributed by atoms with E-state index in [1.54, 1.807) is 0 Å². The van der Waals surface area contributed by atoms with Gasteiger partial charge in [-0.25, -0.2) is 9.59 Å². The minimum Gasteiger partial charge on any atom is -0.479 e. The number of nitrogens with one attached hydrogen (secondary N) is 1. The fourth-order valence-corrected chi connectivity index (χ4v) is 2.37. The number of rotatable bonds is 5. The number of hydrogen-bond donors (Lipinski definition) is 3. The molecule has 0 radical (unpaired) electrons. The summed E-state index contributed by atoms with van der Waals surface area (Å²) in [6, 6.07) is 0.327. The van der Waals surface area contributed by atoms with E-state index in [1.807, 2.05) is 11.8 Å². The monoisotopic (exact) mass is 258 g/mol. The van der Waals surface area contributed by atoms with Gasteiger partial charge in [-0.05, 0) is 26.2 Å². The number of nitrogens with zero attached hydrogens (tertiary/aromatic N) is 1. The normalized spacial score (nSPS) is 24.9. The smallest absolute Gasteiger partial charge is 0.332 e. The second-order valence-corrected chi connectivity index (χ2v) is 4.77. The molecule has 6 heteroatoms. The first-order valence-corrected chi connectivity index (χ1v) is 6.44. The number of aliphatic hydroxyl groups excluding tert-OH is 1. The number of amides is 2. The molecular weight excluding hydrogens is 236 g/mol. The van der Waals surface area contributed by atoms with E-state index in [-0.39, 0.29) is 31.1 Å². The van der Waals surface area contributed by atoms with Crippen molar-refractivity contribution < 1.29 is 19.8 Å². The second-order valence-electron chi connectivity index (χ2n) is 4.77. The van der Waals surface area contributed by atoms with Crippen LogP contribution in [-0.4, -0.2) is 51.8 Å². The summed E-state index contributed by atoms with van der Waals surface area (Å²) in [6.07, 6.45) is 1.56. The number of hydrogen-bond acceptors (Lipinski definition) is 3. The van der Waals surface area contributed by atoms with Crippen molar-refractivity contribution in [1.82, 2.24) is 10.2 Å². The first-order valence-electron chi connectivity index (χ1n) is 6.44. The van der Waals surface area contributed by atoms with Gasteiger partial charge in [-0.3, -0.25) is 0 Å². The Morgan fingerprint density at radius 3 is 2.67 bits per heavy atom. The first-order chi connectivity index (χ1) is 8.47. The van der Waals surface area contributed by atoms with Gasteiger partial charge < -0.3 is 20.4 Å². The van der Waals surface area contributed by atoms with Crippen molar-refractivity contribution in [2.75, 3.05) is 6.54 Å². The molecule has 6 nitrogen and oxygen atoms in total. The molecule has 0 spiro atoms. The molecule has 104 valence electrons. The van der Waals surface area contributed by atoms with Gasteiger partial charge in [0.15, 0.2) is 6.10 Å². The maximum Gasteiger partial charge on any atom is 0.332 e. The molecule has 3 N–H and O–H groups in total. The average Bonchev–Trinajstić information content (AvgIpc) is 2.69. The molecule has 18 heavy (non-hydrogen) atoms. The minimum atomic E-state index is -1.41. The third-order valence-electron chi connectivity index (χ3n) is 3.47. The number of urea groups is 1. The molecule has 3 atom stereocenters. The summed E-state index contributed by atoms with van der Waals surface area (Å²) >= 11 is 0. The van der Waals surface area contributed by atoms with Gasteiger partial charge in [-0.2, -0.15) is 0 Å². The van der Waals surface area contributed by atoms with E-state index in [1.165, 1.54) is 0 Å². The lowest BCUT2D eigenvalue weighted by Gasteiger charge is -2.28. The quantitative estimate of drug-likeness (QED) is 0.680.